The van der Waals surface area contributed by atoms with Crippen molar-refractivity contribution in [2.45, 2.75) is 25.7 Å². The Balaban J connectivity index is 1.50. The highest BCUT2D eigenvalue weighted by Gasteiger charge is 2.66. The van der Waals surface area contributed by atoms with Gasteiger partial charge in [-0.15, -0.1) is 0 Å². The number of Topliss-reactive ketones (excluding diaryl/α,β-unsaturated/α-hetero) is 1. The van der Waals surface area contributed by atoms with Gasteiger partial charge in [0.2, 0.25) is 0 Å². The van der Waals surface area contributed by atoms with Gasteiger partial charge in [0, 0.05) is 12.3 Å². The molecule has 0 saturated heterocycles. The molecule has 0 amide bonds. The van der Waals surface area contributed by atoms with E-state index in [-0.39, 0.29) is 23.1 Å². The van der Waals surface area contributed by atoms with Crippen molar-refractivity contribution in [2.75, 3.05) is 0 Å². The molecule has 2 bridgehead atoms. The summed E-state index contributed by atoms with van der Waals surface area (Å²) >= 11 is 5.76. The molecule has 19 heavy (non-hydrogen) atoms. The lowest BCUT2D eigenvalue weighted by atomic mass is 9.96. The minimum atomic E-state index is -0.425. The molecule has 3 fully saturated rings. The second-order valence-electron chi connectivity index (χ2n) is 6.37. The fourth-order valence-electron chi connectivity index (χ4n) is 4.75. The highest BCUT2D eigenvalue weighted by molar-refractivity contribution is 6.30. The largest absolute Gasteiger partial charge is 0.299 e. The van der Waals surface area contributed by atoms with Crippen LogP contribution in [-0.4, -0.2) is 5.78 Å². The maximum absolute atomic E-state index is 13.8. The van der Waals surface area contributed by atoms with Crippen molar-refractivity contribution in [3.05, 3.63) is 34.6 Å². The van der Waals surface area contributed by atoms with Crippen molar-refractivity contribution in [1.29, 1.82) is 0 Å². The number of hydrogen-bond donors (Lipinski definition) is 0. The van der Waals surface area contributed by atoms with Gasteiger partial charge in [-0.05, 0) is 54.6 Å². The highest BCUT2D eigenvalue weighted by Crippen LogP contribution is 2.69. The Hall–Kier alpha value is -0.890. The molecule has 3 aliphatic rings. The molecular formula is C16H16ClFO. The summed E-state index contributed by atoms with van der Waals surface area (Å²) in [6.07, 6.45) is 4.16. The monoisotopic (exact) mass is 278 g/mol. The number of carbonyl (C=O) groups is 1. The number of rotatable bonds is 3. The van der Waals surface area contributed by atoms with Crippen LogP contribution in [0.25, 0.3) is 0 Å². The van der Waals surface area contributed by atoms with Gasteiger partial charge < -0.3 is 0 Å². The van der Waals surface area contributed by atoms with Crippen LogP contribution in [-0.2, 0) is 11.2 Å². The quantitative estimate of drug-likeness (QED) is 0.820. The molecule has 0 heterocycles. The first-order valence-electron chi connectivity index (χ1n) is 7.12. The minimum absolute atomic E-state index is 0.112. The Bertz CT molecular complexity index is 540. The molecule has 4 rings (SSSR count). The van der Waals surface area contributed by atoms with E-state index in [2.05, 4.69) is 0 Å². The first-order valence-corrected chi connectivity index (χ1v) is 7.50. The second-order valence-corrected chi connectivity index (χ2v) is 6.78. The smallest absolute Gasteiger partial charge is 0.145 e. The fraction of sp³-hybridized carbons (Fsp3) is 0.562. The van der Waals surface area contributed by atoms with Gasteiger partial charge in [0.1, 0.15) is 11.6 Å². The van der Waals surface area contributed by atoms with Crippen LogP contribution in [0.3, 0.4) is 0 Å². The van der Waals surface area contributed by atoms with Crippen LogP contribution in [0, 0.1) is 35.4 Å². The Morgan fingerprint density at radius 3 is 2.63 bits per heavy atom. The van der Waals surface area contributed by atoms with E-state index in [1.807, 2.05) is 0 Å². The van der Waals surface area contributed by atoms with Gasteiger partial charge >= 0.3 is 0 Å². The van der Waals surface area contributed by atoms with Gasteiger partial charge in [0.15, 0.2) is 0 Å². The zero-order chi connectivity index (χ0) is 13.1. The summed E-state index contributed by atoms with van der Waals surface area (Å²) in [7, 11) is 0. The van der Waals surface area contributed by atoms with Crippen LogP contribution in [0.1, 0.15) is 24.8 Å². The van der Waals surface area contributed by atoms with Gasteiger partial charge in [-0.25, -0.2) is 4.39 Å². The number of fused-ring (bicyclic) bond motifs is 5. The molecule has 1 nitrogen and oxygen atoms in total. The fourth-order valence-corrected chi connectivity index (χ4v) is 4.94. The number of hydrogen-bond acceptors (Lipinski definition) is 1. The van der Waals surface area contributed by atoms with E-state index in [0.29, 0.717) is 17.4 Å². The standard InChI is InChI=1S/C16H16ClFO/c17-11-3-1-2-10(16(11)18)7-12(19)15-13-8-4-5-9(6-8)14(13)15/h1-3,8-9,13-15H,4-7H2. The predicted octanol–water partition coefficient (Wildman–Crippen LogP) is 3.88. The third-order valence-corrected chi connectivity index (χ3v) is 5.80. The van der Waals surface area contributed by atoms with Crippen molar-refractivity contribution in [3.8, 4) is 0 Å². The van der Waals surface area contributed by atoms with Crippen molar-refractivity contribution < 1.29 is 9.18 Å². The maximum atomic E-state index is 13.8. The molecule has 0 aromatic heterocycles. The van der Waals surface area contributed by atoms with Gasteiger partial charge in [-0.3, -0.25) is 4.79 Å². The van der Waals surface area contributed by atoms with Gasteiger partial charge in [0.05, 0.1) is 5.02 Å². The summed E-state index contributed by atoms with van der Waals surface area (Å²) in [6, 6.07) is 4.91. The highest BCUT2D eigenvalue weighted by atomic mass is 35.5. The van der Waals surface area contributed by atoms with Crippen LogP contribution in [0.4, 0.5) is 4.39 Å². The SMILES string of the molecule is O=C(Cc1cccc(Cl)c1F)C1C2C3CCC(C3)C12. The molecule has 100 valence electrons. The molecule has 1 aromatic carbocycles. The van der Waals surface area contributed by atoms with E-state index in [4.69, 9.17) is 11.6 Å². The molecule has 4 atom stereocenters. The van der Waals surface area contributed by atoms with Crippen molar-refractivity contribution in [1.82, 2.24) is 0 Å². The lowest BCUT2D eigenvalue weighted by Crippen LogP contribution is -2.13. The summed E-state index contributed by atoms with van der Waals surface area (Å²) in [5, 5.41) is 0.112. The molecule has 1 aromatic rings. The number of benzene rings is 1. The van der Waals surface area contributed by atoms with Gasteiger partial charge in [-0.1, -0.05) is 23.7 Å². The van der Waals surface area contributed by atoms with Crippen molar-refractivity contribution >= 4 is 17.4 Å². The topological polar surface area (TPSA) is 17.1 Å². The van der Waals surface area contributed by atoms with Crippen molar-refractivity contribution in [3.63, 3.8) is 0 Å². The number of halogens is 2. The van der Waals surface area contributed by atoms with E-state index in [9.17, 15) is 9.18 Å². The van der Waals surface area contributed by atoms with Gasteiger partial charge in [-0.2, -0.15) is 0 Å². The normalized spacial score (nSPS) is 38.3. The molecule has 3 aliphatic carbocycles. The summed E-state index contributed by atoms with van der Waals surface area (Å²) in [5.41, 5.74) is 0.454. The number of carbonyl (C=O) groups excluding carboxylic acids is 1. The van der Waals surface area contributed by atoms with E-state index in [1.54, 1.807) is 12.1 Å². The molecular weight excluding hydrogens is 263 g/mol. The molecule has 0 N–H and O–H groups in total. The van der Waals surface area contributed by atoms with E-state index in [1.165, 1.54) is 25.3 Å². The molecule has 4 unspecified atom stereocenters. The zero-order valence-electron chi connectivity index (χ0n) is 10.6. The summed E-state index contributed by atoms with van der Waals surface area (Å²) in [4.78, 5) is 12.4. The zero-order valence-corrected chi connectivity index (χ0v) is 11.4. The predicted molar refractivity (Wildman–Crippen MR) is 71.4 cm³/mol. The van der Waals surface area contributed by atoms with Crippen LogP contribution in [0.15, 0.2) is 18.2 Å². The van der Waals surface area contributed by atoms with Crippen LogP contribution in [0.2, 0.25) is 5.02 Å². The van der Waals surface area contributed by atoms with Gasteiger partial charge in [0.25, 0.3) is 0 Å². The first-order chi connectivity index (χ1) is 9.16. The lowest BCUT2D eigenvalue weighted by molar-refractivity contribution is -0.120. The average Bonchev–Trinajstić information content (AvgIpc) is 2.84. The summed E-state index contributed by atoms with van der Waals surface area (Å²) in [6.45, 7) is 0. The van der Waals surface area contributed by atoms with Crippen LogP contribution < -0.4 is 0 Å². The summed E-state index contributed by atoms with van der Waals surface area (Å²) < 4.78 is 13.8. The third-order valence-electron chi connectivity index (χ3n) is 5.50. The van der Waals surface area contributed by atoms with E-state index >= 15 is 0 Å². The third kappa shape index (κ3) is 1.69. The molecule has 0 spiro atoms. The van der Waals surface area contributed by atoms with Crippen molar-refractivity contribution in [2.24, 2.45) is 29.6 Å². The Morgan fingerprint density at radius 2 is 1.95 bits per heavy atom. The Labute approximate surface area is 117 Å². The molecule has 0 radical (unpaired) electrons. The van der Waals surface area contributed by atoms with Crippen LogP contribution in [0.5, 0.6) is 0 Å². The first kappa shape index (κ1) is 11.9. The Morgan fingerprint density at radius 1 is 1.26 bits per heavy atom. The Kier molecular flexibility index (Phi) is 2.54. The molecule has 0 aliphatic heterocycles. The molecule has 3 heteroatoms. The summed E-state index contributed by atoms with van der Waals surface area (Å²) in [5.74, 6) is 2.87. The minimum Gasteiger partial charge on any atom is -0.299 e. The van der Waals surface area contributed by atoms with E-state index < -0.39 is 5.82 Å². The number of ketones is 1. The van der Waals surface area contributed by atoms with Crippen LogP contribution >= 0.6 is 11.6 Å². The maximum Gasteiger partial charge on any atom is 0.145 e. The van der Waals surface area contributed by atoms with E-state index in [0.717, 1.165) is 11.8 Å². The molecule has 3 saturated carbocycles. The lowest BCUT2D eigenvalue weighted by Gasteiger charge is -2.08. The second kappa shape index (κ2) is 4.05. The average molecular weight is 279 g/mol.